The molecule has 0 aromatic heterocycles. The summed E-state index contributed by atoms with van der Waals surface area (Å²) in [6, 6.07) is 0. The lowest BCUT2D eigenvalue weighted by Crippen LogP contribution is -2.11. The first kappa shape index (κ1) is 18.9. The van der Waals surface area contributed by atoms with E-state index in [1.54, 1.807) is 23.5 Å². The van der Waals surface area contributed by atoms with E-state index < -0.39 is 0 Å². The molecule has 100 valence electrons. The summed E-state index contributed by atoms with van der Waals surface area (Å²) in [5.41, 5.74) is 0. The Hall–Kier alpha value is 0.540. The van der Waals surface area contributed by atoms with Crippen molar-refractivity contribution >= 4 is 23.5 Å². The molecule has 0 rings (SSSR count). The van der Waals surface area contributed by atoms with Gasteiger partial charge in [-0.15, -0.1) is 0 Å². The van der Waals surface area contributed by atoms with Crippen molar-refractivity contribution in [2.45, 2.75) is 24.3 Å². The molecule has 0 radical (unpaired) electrons. The molecule has 2 unspecified atom stereocenters. The Bertz CT molecular complexity index is 115. The number of rotatable bonds is 8. The van der Waals surface area contributed by atoms with Gasteiger partial charge in [0.25, 0.3) is 0 Å². The second kappa shape index (κ2) is 15.5. The predicted octanol–water partition coefficient (Wildman–Crippen LogP) is 0.185. The van der Waals surface area contributed by atoms with Crippen LogP contribution in [-0.4, -0.2) is 68.9 Å². The van der Waals surface area contributed by atoms with Gasteiger partial charge in [-0.05, 0) is 0 Å². The second-order valence-electron chi connectivity index (χ2n) is 3.18. The van der Waals surface area contributed by atoms with Crippen molar-refractivity contribution in [1.29, 1.82) is 0 Å². The quantitative estimate of drug-likeness (QED) is 0.472. The van der Waals surface area contributed by atoms with Crippen LogP contribution in [0.3, 0.4) is 0 Å². The first-order valence-corrected chi connectivity index (χ1v) is 7.38. The van der Waals surface area contributed by atoms with Crippen molar-refractivity contribution in [2.75, 3.05) is 37.9 Å². The van der Waals surface area contributed by atoms with Crippen LogP contribution in [0.5, 0.6) is 0 Å². The van der Waals surface area contributed by atoms with Crippen molar-refractivity contribution in [2.24, 2.45) is 0 Å². The van der Waals surface area contributed by atoms with Gasteiger partial charge in [0.1, 0.15) is 0 Å². The third-order valence-corrected chi connectivity index (χ3v) is 3.62. The van der Waals surface area contributed by atoms with Gasteiger partial charge in [0, 0.05) is 22.0 Å². The molecule has 4 N–H and O–H groups in total. The normalized spacial score (nSPS) is 13.9. The molecule has 0 aliphatic heterocycles. The van der Waals surface area contributed by atoms with Gasteiger partial charge in [0.2, 0.25) is 0 Å². The SMILES string of the molecule is CC(CO)SC(C)CO.OCCSCCO. The summed E-state index contributed by atoms with van der Waals surface area (Å²) >= 11 is 3.15. The van der Waals surface area contributed by atoms with Crippen LogP contribution in [-0.2, 0) is 0 Å². The van der Waals surface area contributed by atoms with Crippen molar-refractivity contribution in [3.05, 3.63) is 0 Å². The van der Waals surface area contributed by atoms with Crippen LogP contribution in [0.15, 0.2) is 0 Å². The number of aliphatic hydroxyl groups is 4. The smallest absolute Gasteiger partial charge is 0.0547 e. The van der Waals surface area contributed by atoms with Crippen molar-refractivity contribution < 1.29 is 20.4 Å². The topological polar surface area (TPSA) is 80.9 Å². The summed E-state index contributed by atoms with van der Waals surface area (Å²) < 4.78 is 0. The van der Waals surface area contributed by atoms with E-state index in [4.69, 9.17) is 20.4 Å². The highest BCUT2D eigenvalue weighted by Gasteiger charge is 2.05. The molecule has 0 amide bonds. The van der Waals surface area contributed by atoms with Gasteiger partial charge >= 0.3 is 0 Å². The van der Waals surface area contributed by atoms with E-state index in [1.807, 2.05) is 13.8 Å². The minimum Gasteiger partial charge on any atom is -0.396 e. The average molecular weight is 272 g/mol. The van der Waals surface area contributed by atoms with Crippen LogP contribution < -0.4 is 0 Å². The van der Waals surface area contributed by atoms with Gasteiger partial charge in [-0.25, -0.2) is 0 Å². The van der Waals surface area contributed by atoms with Gasteiger partial charge < -0.3 is 20.4 Å². The first-order chi connectivity index (χ1) is 7.62. The molecule has 0 bridgehead atoms. The van der Waals surface area contributed by atoms with E-state index >= 15 is 0 Å². The third kappa shape index (κ3) is 17.0. The minimum atomic E-state index is 0.189. The van der Waals surface area contributed by atoms with Crippen LogP contribution in [0.1, 0.15) is 13.8 Å². The van der Waals surface area contributed by atoms with E-state index in [0.717, 1.165) is 11.5 Å². The van der Waals surface area contributed by atoms with E-state index in [-0.39, 0.29) is 36.9 Å². The molecule has 0 saturated carbocycles. The predicted molar refractivity (Wildman–Crippen MR) is 72.2 cm³/mol. The lowest BCUT2D eigenvalue weighted by Gasteiger charge is -2.11. The number of aliphatic hydroxyl groups excluding tert-OH is 4. The molecule has 0 aliphatic rings. The highest BCUT2D eigenvalue weighted by Crippen LogP contribution is 2.15. The number of hydrogen-bond donors (Lipinski definition) is 4. The van der Waals surface area contributed by atoms with Crippen LogP contribution in [0.2, 0.25) is 0 Å². The fourth-order valence-electron chi connectivity index (χ4n) is 0.714. The van der Waals surface area contributed by atoms with E-state index in [1.165, 1.54) is 0 Å². The first-order valence-electron chi connectivity index (χ1n) is 5.28. The van der Waals surface area contributed by atoms with Gasteiger partial charge in [0.15, 0.2) is 0 Å². The largest absolute Gasteiger partial charge is 0.396 e. The Kier molecular flexibility index (Phi) is 18.4. The summed E-state index contributed by atoms with van der Waals surface area (Å²) in [6.45, 7) is 4.69. The zero-order chi connectivity index (χ0) is 12.8. The van der Waals surface area contributed by atoms with Crippen molar-refractivity contribution in [1.82, 2.24) is 0 Å². The molecule has 0 saturated heterocycles. The van der Waals surface area contributed by atoms with Gasteiger partial charge in [-0.2, -0.15) is 23.5 Å². The van der Waals surface area contributed by atoms with Crippen LogP contribution in [0.4, 0.5) is 0 Å². The molecule has 4 nitrogen and oxygen atoms in total. The molecular formula is C10H24O4S2. The number of thioether (sulfide) groups is 2. The fraction of sp³-hybridized carbons (Fsp3) is 1.00. The highest BCUT2D eigenvalue weighted by atomic mass is 32.2. The molecular weight excluding hydrogens is 248 g/mol. The maximum atomic E-state index is 8.58. The monoisotopic (exact) mass is 272 g/mol. The lowest BCUT2D eigenvalue weighted by molar-refractivity contribution is 0.292. The number of hydrogen-bond acceptors (Lipinski definition) is 6. The van der Waals surface area contributed by atoms with Gasteiger partial charge in [-0.3, -0.25) is 0 Å². The molecule has 0 aromatic rings. The van der Waals surface area contributed by atoms with E-state index in [2.05, 4.69) is 0 Å². The average Bonchev–Trinajstić information content (AvgIpc) is 2.30. The minimum absolute atomic E-state index is 0.189. The summed E-state index contributed by atoms with van der Waals surface area (Å²) in [5, 5.41) is 34.0. The van der Waals surface area contributed by atoms with Crippen LogP contribution in [0, 0.1) is 0 Å². The molecule has 0 spiro atoms. The Morgan fingerprint density at radius 2 is 1.19 bits per heavy atom. The maximum Gasteiger partial charge on any atom is 0.0547 e. The van der Waals surface area contributed by atoms with E-state index in [0.29, 0.717) is 0 Å². The lowest BCUT2D eigenvalue weighted by atomic mass is 10.5. The molecule has 2 atom stereocenters. The summed E-state index contributed by atoms with van der Waals surface area (Å²) in [5.74, 6) is 1.47. The molecule has 0 fully saturated rings. The zero-order valence-corrected chi connectivity index (χ0v) is 11.6. The standard InChI is InChI=1S/C6H14O2S.C4H10O2S/c1-5(3-7)9-6(2)4-8;5-1-3-7-4-2-6/h5-8H,3-4H2,1-2H3;5-6H,1-4H2. The van der Waals surface area contributed by atoms with Crippen molar-refractivity contribution in [3.8, 4) is 0 Å². The van der Waals surface area contributed by atoms with Crippen molar-refractivity contribution in [3.63, 3.8) is 0 Å². The second-order valence-corrected chi connectivity index (χ2v) is 6.29. The molecule has 0 heterocycles. The molecule has 6 heteroatoms. The van der Waals surface area contributed by atoms with Crippen LogP contribution in [0.25, 0.3) is 0 Å². The summed E-state index contributed by atoms with van der Waals surface area (Å²) in [7, 11) is 0. The highest BCUT2D eigenvalue weighted by molar-refractivity contribution is 8.00. The van der Waals surface area contributed by atoms with Crippen LogP contribution >= 0.6 is 23.5 Å². The summed E-state index contributed by atoms with van der Waals surface area (Å²) in [6.07, 6.45) is 0. The molecule has 0 aromatic carbocycles. The van der Waals surface area contributed by atoms with E-state index in [9.17, 15) is 0 Å². The van der Waals surface area contributed by atoms with Gasteiger partial charge in [-0.1, -0.05) is 13.8 Å². The third-order valence-electron chi connectivity index (χ3n) is 1.45. The molecule has 16 heavy (non-hydrogen) atoms. The van der Waals surface area contributed by atoms with Gasteiger partial charge in [0.05, 0.1) is 26.4 Å². The Morgan fingerprint density at radius 1 is 0.812 bits per heavy atom. The Balaban J connectivity index is 0. The summed E-state index contributed by atoms with van der Waals surface area (Å²) in [4.78, 5) is 0. The Morgan fingerprint density at radius 3 is 1.44 bits per heavy atom. The maximum absolute atomic E-state index is 8.58. The fourth-order valence-corrected chi connectivity index (χ4v) is 2.14. The molecule has 0 aliphatic carbocycles. The zero-order valence-electron chi connectivity index (χ0n) is 10.0. The Labute approximate surface area is 106 Å².